The van der Waals surface area contributed by atoms with Gasteiger partial charge in [-0.3, -0.25) is 15.0 Å². The number of ether oxygens (including phenoxy) is 2. The molecule has 3 aromatic rings. The third-order valence-electron chi connectivity index (χ3n) is 5.09. The third kappa shape index (κ3) is 6.58. The van der Waals surface area contributed by atoms with Crippen molar-refractivity contribution in [3.05, 3.63) is 97.3 Å². The van der Waals surface area contributed by atoms with E-state index in [1.807, 2.05) is 6.92 Å². The van der Waals surface area contributed by atoms with Crippen LogP contribution in [0.25, 0.3) is 6.08 Å². The molecule has 0 aliphatic carbocycles. The van der Waals surface area contributed by atoms with Crippen LogP contribution in [0.1, 0.15) is 28.4 Å². The van der Waals surface area contributed by atoms with Crippen molar-refractivity contribution in [1.29, 1.82) is 0 Å². The highest BCUT2D eigenvalue weighted by atomic mass is 35.5. The predicted octanol–water partition coefficient (Wildman–Crippen LogP) is 7.17. The normalized spacial score (nSPS) is 14.3. The van der Waals surface area contributed by atoms with Crippen LogP contribution in [-0.2, 0) is 11.4 Å². The molecule has 1 aliphatic rings. The molecule has 1 N–H and O–H groups in total. The molecule has 0 saturated carbocycles. The summed E-state index contributed by atoms with van der Waals surface area (Å²) in [7, 11) is 0. The first-order valence-electron chi connectivity index (χ1n) is 10.9. The highest BCUT2D eigenvalue weighted by Gasteiger charge is 2.34. The molecule has 3 aromatic carbocycles. The lowest BCUT2D eigenvalue weighted by Gasteiger charge is -2.15. The van der Waals surface area contributed by atoms with E-state index < -0.39 is 11.8 Å². The van der Waals surface area contributed by atoms with Crippen molar-refractivity contribution in [2.75, 3.05) is 6.61 Å². The zero-order valence-electron chi connectivity index (χ0n) is 19.3. The van der Waals surface area contributed by atoms with Crippen molar-refractivity contribution in [2.45, 2.75) is 13.5 Å². The van der Waals surface area contributed by atoms with E-state index in [0.29, 0.717) is 54.8 Å². The second-order valence-corrected chi connectivity index (χ2v) is 10.5. The summed E-state index contributed by atoms with van der Waals surface area (Å²) in [6.45, 7) is 2.42. The van der Waals surface area contributed by atoms with Crippen LogP contribution in [0.15, 0.2) is 65.6 Å². The van der Waals surface area contributed by atoms with E-state index in [2.05, 4.69) is 5.43 Å². The highest BCUT2D eigenvalue weighted by Crippen LogP contribution is 2.35. The number of amides is 2. The van der Waals surface area contributed by atoms with Gasteiger partial charge in [-0.15, -0.1) is 0 Å². The fourth-order valence-corrected chi connectivity index (χ4v) is 5.21. The Hall–Kier alpha value is -2.75. The lowest BCUT2D eigenvalue weighted by molar-refractivity contribution is -0.123. The Morgan fingerprint density at radius 1 is 1.03 bits per heavy atom. The Bertz CT molecular complexity index is 1390. The molecular weight excluding hydrogens is 575 g/mol. The van der Waals surface area contributed by atoms with Gasteiger partial charge in [0.05, 0.1) is 11.5 Å². The van der Waals surface area contributed by atoms with Crippen molar-refractivity contribution in [1.82, 2.24) is 10.4 Å². The first-order valence-corrected chi connectivity index (χ1v) is 13.3. The molecule has 1 aliphatic heterocycles. The fraction of sp³-hybridized carbons (Fsp3) is 0.115. The van der Waals surface area contributed by atoms with E-state index in [9.17, 15) is 9.59 Å². The van der Waals surface area contributed by atoms with E-state index in [0.717, 1.165) is 16.8 Å². The molecule has 37 heavy (non-hydrogen) atoms. The molecule has 0 unspecified atom stereocenters. The smallest absolute Gasteiger partial charge is 0.285 e. The number of thioether (sulfide) groups is 1. The Balaban J connectivity index is 1.50. The number of thiocarbonyl (C=S) groups is 1. The van der Waals surface area contributed by atoms with Gasteiger partial charge in [0.25, 0.3) is 11.8 Å². The maximum atomic E-state index is 13.0. The second kappa shape index (κ2) is 12.2. The number of carbonyl (C=O) groups is 2. The summed E-state index contributed by atoms with van der Waals surface area (Å²) >= 11 is 24.8. The molecule has 1 saturated heterocycles. The van der Waals surface area contributed by atoms with Gasteiger partial charge in [0.15, 0.2) is 15.8 Å². The number of benzene rings is 3. The SMILES string of the molecule is CCOc1cc(/C=C2\SC(=S)N(NC(=O)c3cccc(Cl)c3)C2=O)ccc1OCc1c(Cl)cccc1Cl. The summed E-state index contributed by atoms with van der Waals surface area (Å²) in [5, 5.41) is 2.46. The van der Waals surface area contributed by atoms with Gasteiger partial charge >= 0.3 is 0 Å². The largest absolute Gasteiger partial charge is 0.490 e. The minimum absolute atomic E-state index is 0.156. The molecule has 11 heteroatoms. The first kappa shape index (κ1) is 27.3. The summed E-state index contributed by atoms with van der Waals surface area (Å²) in [6.07, 6.45) is 1.67. The van der Waals surface area contributed by atoms with Crippen LogP contribution in [0.2, 0.25) is 15.1 Å². The third-order valence-corrected chi connectivity index (χ3v) is 7.34. The van der Waals surface area contributed by atoms with Crippen LogP contribution >= 0.6 is 58.8 Å². The van der Waals surface area contributed by atoms with Gasteiger partial charge in [0, 0.05) is 26.2 Å². The number of hydrogen-bond donors (Lipinski definition) is 1. The van der Waals surface area contributed by atoms with Gasteiger partial charge in [0.2, 0.25) is 0 Å². The fourth-order valence-electron chi connectivity index (χ4n) is 3.33. The van der Waals surface area contributed by atoms with Gasteiger partial charge in [-0.1, -0.05) is 64.8 Å². The van der Waals surface area contributed by atoms with Gasteiger partial charge in [-0.25, -0.2) is 0 Å². The molecule has 0 spiro atoms. The molecule has 0 aromatic heterocycles. The zero-order valence-corrected chi connectivity index (χ0v) is 23.2. The average Bonchev–Trinajstić information content (AvgIpc) is 3.12. The molecule has 1 heterocycles. The summed E-state index contributed by atoms with van der Waals surface area (Å²) in [5.74, 6) is 0.0383. The Labute approximate surface area is 238 Å². The maximum Gasteiger partial charge on any atom is 0.285 e. The van der Waals surface area contributed by atoms with Crippen molar-refractivity contribution in [3.8, 4) is 11.5 Å². The van der Waals surface area contributed by atoms with Crippen LogP contribution in [-0.4, -0.2) is 27.8 Å². The number of hydrogen-bond acceptors (Lipinski definition) is 6. The quantitative estimate of drug-likeness (QED) is 0.221. The number of nitrogens with one attached hydrogen (secondary N) is 1. The van der Waals surface area contributed by atoms with E-state index in [1.54, 1.807) is 60.7 Å². The Kier molecular flexibility index (Phi) is 9.00. The lowest BCUT2D eigenvalue weighted by atomic mass is 10.1. The van der Waals surface area contributed by atoms with Crippen LogP contribution in [0.5, 0.6) is 11.5 Å². The van der Waals surface area contributed by atoms with Crippen molar-refractivity contribution >= 4 is 81.0 Å². The van der Waals surface area contributed by atoms with Gasteiger partial charge in [-0.2, -0.15) is 5.01 Å². The minimum Gasteiger partial charge on any atom is -0.490 e. The number of rotatable bonds is 8. The second-order valence-electron chi connectivity index (χ2n) is 7.60. The molecule has 1 fully saturated rings. The van der Waals surface area contributed by atoms with E-state index in [1.165, 1.54) is 6.07 Å². The Morgan fingerprint density at radius 3 is 2.46 bits per heavy atom. The molecular formula is C26H19Cl3N2O4S2. The molecule has 6 nitrogen and oxygen atoms in total. The summed E-state index contributed by atoms with van der Waals surface area (Å²) in [6, 6.07) is 16.9. The number of nitrogens with zero attached hydrogens (tertiary/aromatic N) is 1. The number of carbonyl (C=O) groups excluding carboxylic acids is 2. The van der Waals surface area contributed by atoms with E-state index >= 15 is 0 Å². The molecule has 0 bridgehead atoms. The van der Waals surface area contributed by atoms with Gasteiger partial charge in [0.1, 0.15) is 6.61 Å². The zero-order chi connectivity index (χ0) is 26.5. The monoisotopic (exact) mass is 592 g/mol. The van der Waals surface area contributed by atoms with E-state index in [4.69, 9.17) is 56.5 Å². The van der Waals surface area contributed by atoms with Crippen LogP contribution in [0.3, 0.4) is 0 Å². The summed E-state index contributed by atoms with van der Waals surface area (Å²) in [5.41, 5.74) is 4.20. The number of hydrazine groups is 1. The minimum atomic E-state index is -0.501. The van der Waals surface area contributed by atoms with Crippen molar-refractivity contribution in [3.63, 3.8) is 0 Å². The van der Waals surface area contributed by atoms with Gasteiger partial charge in [-0.05, 0) is 73.2 Å². The predicted molar refractivity (Wildman–Crippen MR) is 152 cm³/mol. The highest BCUT2D eigenvalue weighted by molar-refractivity contribution is 8.26. The first-order chi connectivity index (χ1) is 17.8. The molecule has 2 amide bonds. The molecule has 0 radical (unpaired) electrons. The van der Waals surface area contributed by atoms with Crippen molar-refractivity contribution < 1.29 is 19.1 Å². The average molecular weight is 594 g/mol. The molecule has 4 rings (SSSR count). The standard InChI is InChI=1S/C26H19Cl3N2O4S2/c1-2-34-22-11-15(9-10-21(22)35-14-18-19(28)7-4-8-20(18)29)12-23-25(33)31(26(36)37-23)30-24(32)16-5-3-6-17(27)13-16/h3-13H,2,14H2,1H3,(H,30,32)/b23-12-. The molecule has 0 atom stereocenters. The maximum absolute atomic E-state index is 13.0. The van der Waals surface area contributed by atoms with E-state index in [-0.39, 0.29) is 10.9 Å². The topological polar surface area (TPSA) is 67.9 Å². The van der Waals surface area contributed by atoms with Crippen molar-refractivity contribution in [2.24, 2.45) is 0 Å². The summed E-state index contributed by atoms with van der Waals surface area (Å²) in [4.78, 5) is 25.9. The molecule has 190 valence electrons. The lowest BCUT2D eigenvalue weighted by Crippen LogP contribution is -2.44. The number of halogens is 3. The summed E-state index contributed by atoms with van der Waals surface area (Å²) < 4.78 is 11.9. The van der Waals surface area contributed by atoms with Crippen LogP contribution in [0.4, 0.5) is 0 Å². The Morgan fingerprint density at radius 2 is 1.76 bits per heavy atom. The van der Waals surface area contributed by atoms with Crippen LogP contribution in [0, 0.1) is 0 Å². The van der Waals surface area contributed by atoms with Gasteiger partial charge < -0.3 is 9.47 Å². The van der Waals surface area contributed by atoms with Crippen LogP contribution < -0.4 is 14.9 Å².